The fourth-order valence-electron chi connectivity index (χ4n) is 3.37. The summed E-state index contributed by atoms with van der Waals surface area (Å²) in [5.41, 5.74) is 0.847. The number of carbonyl (C=O) groups excluding carboxylic acids is 1. The maximum atomic E-state index is 12.8. The molecule has 0 unspecified atom stereocenters. The number of nitrogens with one attached hydrogen (secondary N) is 2. The van der Waals surface area contributed by atoms with Gasteiger partial charge in [-0.05, 0) is 56.3 Å². The molecular weight excluding hydrogens is 390 g/mol. The Hall–Kier alpha value is -2.58. The number of rotatable bonds is 7. The monoisotopic (exact) mass is 418 g/mol. The summed E-state index contributed by atoms with van der Waals surface area (Å²) in [6, 6.07) is 12.9. The fraction of sp³-hybridized carbons (Fsp3) is 0.381. The van der Waals surface area contributed by atoms with Gasteiger partial charge in [-0.2, -0.15) is 0 Å². The van der Waals surface area contributed by atoms with Gasteiger partial charge in [0, 0.05) is 11.3 Å². The zero-order valence-corrected chi connectivity index (χ0v) is 17.7. The van der Waals surface area contributed by atoms with Gasteiger partial charge in [-0.3, -0.25) is 9.52 Å². The molecule has 0 saturated carbocycles. The van der Waals surface area contributed by atoms with E-state index in [1.165, 1.54) is 17.0 Å². The van der Waals surface area contributed by atoms with Crippen LogP contribution in [0.3, 0.4) is 0 Å². The third kappa shape index (κ3) is 5.27. The van der Waals surface area contributed by atoms with Crippen LogP contribution >= 0.6 is 0 Å². The molecule has 0 atom stereocenters. The number of likely N-dealkylation sites (N-methyl/N-ethyl adjacent to an activating group) is 1. The van der Waals surface area contributed by atoms with Crippen LogP contribution < -0.4 is 14.4 Å². The van der Waals surface area contributed by atoms with Gasteiger partial charge in [-0.15, -0.1) is 0 Å². The molecular formula is C21H28N3O4S+. The van der Waals surface area contributed by atoms with Crippen molar-refractivity contribution in [3.05, 3.63) is 54.1 Å². The molecule has 3 rings (SSSR count). The molecule has 0 radical (unpaired) electrons. The van der Waals surface area contributed by atoms with Gasteiger partial charge in [0.15, 0.2) is 0 Å². The number of nitrogens with zero attached hydrogens (tertiary/aromatic N) is 1. The maximum absolute atomic E-state index is 12.8. The molecule has 1 aliphatic heterocycles. The number of carbonyl (C=O) groups is 1. The quantitative estimate of drug-likeness (QED) is 0.709. The number of hydrogen-bond donors (Lipinski definition) is 2. The molecule has 1 aliphatic rings. The number of amides is 1. The first-order chi connectivity index (χ1) is 13.9. The summed E-state index contributed by atoms with van der Waals surface area (Å²) in [4.78, 5) is 16.3. The Labute approximate surface area is 172 Å². The highest BCUT2D eigenvalue weighted by Gasteiger charge is 2.24. The Bertz CT molecular complexity index is 937. The second-order valence-corrected chi connectivity index (χ2v) is 8.67. The number of hydrogen-bond acceptors (Lipinski definition) is 4. The number of benzene rings is 2. The average Bonchev–Trinajstić information content (AvgIpc) is 2.74. The Kier molecular flexibility index (Phi) is 6.76. The number of anilines is 1. The highest BCUT2D eigenvalue weighted by atomic mass is 32.2. The summed E-state index contributed by atoms with van der Waals surface area (Å²) in [5.74, 6) is 0.548. The predicted molar refractivity (Wildman–Crippen MR) is 112 cm³/mol. The molecule has 1 saturated heterocycles. The van der Waals surface area contributed by atoms with Crippen LogP contribution in [0.25, 0.3) is 0 Å². The molecule has 0 bridgehead atoms. The minimum absolute atomic E-state index is 0.0673. The van der Waals surface area contributed by atoms with Gasteiger partial charge < -0.3 is 14.5 Å². The highest BCUT2D eigenvalue weighted by Crippen LogP contribution is 2.20. The topological polar surface area (TPSA) is 80.1 Å². The molecule has 0 spiro atoms. The van der Waals surface area contributed by atoms with Crippen molar-refractivity contribution in [1.29, 1.82) is 0 Å². The van der Waals surface area contributed by atoms with Gasteiger partial charge in [-0.25, -0.2) is 8.42 Å². The van der Waals surface area contributed by atoms with Crippen LogP contribution in [0.1, 0.15) is 24.2 Å². The summed E-state index contributed by atoms with van der Waals surface area (Å²) in [7, 11) is -3.76. The third-order valence-corrected chi connectivity index (χ3v) is 6.46. The van der Waals surface area contributed by atoms with Crippen LogP contribution in [0, 0.1) is 0 Å². The first-order valence-electron chi connectivity index (χ1n) is 9.91. The van der Waals surface area contributed by atoms with Crippen molar-refractivity contribution in [1.82, 2.24) is 4.90 Å². The third-order valence-electron chi connectivity index (χ3n) is 5.06. The highest BCUT2D eigenvalue weighted by molar-refractivity contribution is 7.92. The zero-order chi connectivity index (χ0) is 20.9. The van der Waals surface area contributed by atoms with Gasteiger partial charge in [0.1, 0.15) is 5.75 Å². The lowest BCUT2D eigenvalue weighted by atomic mass is 10.1. The number of quaternary nitrogens is 1. The number of sulfonamides is 1. The number of ether oxygens (including phenoxy) is 1. The summed E-state index contributed by atoms with van der Waals surface area (Å²) in [5, 5.41) is 0. The zero-order valence-electron chi connectivity index (χ0n) is 16.8. The minimum atomic E-state index is -3.76. The Morgan fingerprint density at radius 1 is 1.10 bits per heavy atom. The second-order valence-electron chi connectivity index (χ2n) is 6.99. The molecule has 29 heavy (non-hydrogen) atoms. The second kappa shape index (κ2) is 9.28. The number of piperazine rings is 1. The molecule has 0 aromatic heterocycles. The summed E-state index contributed by atoms with van der Waals surface area (Å²) < 4.78 is 33.2. The molecule has 2 aromatic carbocycles. The van der Waals surface area contributed by atoms with E-state index in [-0.39, 0.29) is 10.8 Å². The average molecular weight is 419 g/mol. The first kappa shape index (κ1) is 21.1. The SMILES string of the molecule is CCOc1ccc(S(=O)(=O)Nc2cccc(C(=O)N3CC[NH+](CC)CC3)c2)cc1. The molecule has 1 heterocycles. The van der Waals surface area contributed by atoms with Crippen LogP contribution in [0.5, 0.6) is 5.75 Å². The molecule has 0 aliphatic carbocycles. The summed E-state index contributed by atoms with van der Waals surface area (Å²) in [6.45, 7) is 8.88. The molecule has 2 aromatic rings. The minimum Gasteiger partial charge on any atom is -0.494 e. The van der Waals surface area contributed by atoms with Crippen molar-refractivity contribution in [3.8, 4) is 5.75 Å². The van der Waals surface area contributed by atoms with Crippen molar-refractivity contribution in [3.63, 3.8) is 0 Å². The van der Waals surface area contributed by atoms with E-state index in [2.05, 4.69) is 11.6 Å². The molecule has 8 heteroatoms. The molecule has 1 amide bonds. The van der Waals surface area contributed by atoms with E-state index < -0.39 is 10.0 Å². The van der Waals surface area contributed by atoms with Crippen LogP contribution in [0.2, 0.25) is 0 Å². The van der Waals surface area contributed by atoms with Crippen molar-refractivity contribution in [2.24, 2.45) is 0 Å². The van der Waals surface area contributed by atoms with Crippen LogP contribution in [0.15, 0.2) is 53.4 Å². The van der Waals surface area contributed by atoms with E-state index in [4.69, 9.17) is 4.74 Å². The Balaban J connectivity index is 1.71. The first-order valence-corrected chi connectivity index (χ1v) is 11.4. The lowest BCUT2D eigenvalue weighted by Crippen LogP contribution is -3.14. The lowest BCUT2D eigenvalue weighted by Gasteiger charge is -2.31. The van der Waals surface area contributed by atoms with Gasteiger partial charge in [0.05, 0.1) is 44.2 Å². The van der Waals surface area contributed by atoms with Crippen molar-refractivity contribution in [2.45, 2.75) is 18.7 Å². The fourth-order valence-corrected chi connectivity index (χ4v) is 4.42. The molecule has 156 valence electrons. The smallest absolute Gasteiger partial charge is 0.261 e. The lowest BCUT2D eigenvalue weighted by molar-refractivity contribution is -0.902. The van der Waals surface area contributed by atoms with Gasteiger partial charge in [-0.1, -0.05) is 6.07 Å². The van der Waals surface area contributed by atoms with Crippen molar-refractivity contribution < 1.29 is 22.8 Å². The molecule has 1 fully saturated rings. The van der Waals surface area contributed by atoms with E-state index in [1.54, 1.807) is 36.4 Å². The maximum Gasteiger partial charge on any atom is 0.261 e. The largest absolute Gasteiger partial charge is 0.494 e. The van der Waals surface area contributed by atoms with E-state index >= 15 is 0 Å². The van der Waals surface area contributed by atoms with Crippen LogP contribution in [0.4, 0.5) is 5.69 Å². The molecule has 2 N–H and O–H groups in total. The predicted octanol–water partition coefficient (Wildman–Crippen LogP) is 1.25. The van der Waals surface area contributed by atoms with Gasteiger partial charge >= 0.3 is 0 Å². The normalized spacial score (nSPS) is 15.2. The summed E-state index contributed by atoms with van der Waals surface area (Å²) in [6.07, 6.45) is 0. The van der Waals surface area contributed by atoms with Crippen LogP contribution in [-0.4, -0.2) is 58.6 Å². The van der Waals surface area contributed by atoms with Gasteiger partial charge in [0.2, 0.25) is 0 Å². The van der Waals surface area contributed by atoms with E-state index in [1.807, 2.05) is 11.8 Å². The Morgan fingerprint density at radius 2 is 1.79 bits per heavy atom. The van der Waals surface area contributed by atoms with Crippen molar-refractivity contribution in [2.75, 3.05) is 44.1 Å². The van der Waals surface area contributed by atoms with E-state index in [0.29, 0.717) is 36.7 Å². The van der Waals surface area contributed by atoms with E-state index in [9.17, 15) is 13.2 Å². The summed E-state index contributed by atoms with van der Waals surface area (Å²) >= 11 is 0. The van der Waals surface area contributed by atoms with Crippen molar-refractivity contribution >= 4 is 21.6 Å². The van der Waals surface area contributed by atoms with E-state index in [0.717, 1.165) is 19.6 Å². The standard InChI is InChI=1S/C21H27N3O4S/c1-3-23-12-14-24(15-13-23)21(25)17-6-5-7-18(16-17)22-29(26,27)20-10-8-19(9-11-20)28-4-2/h5-11,16,22H,3-4,12-15H2,1-2H3/p+1. The Morgan fingerprint density at radius 3 is 2.41 bits per heavy atom. The van der Waals surface area contributed by atoms with Crippen LogP contribution in [-0.2, 0) is 10.0 Å². The van der Waals surface area contributed by atoms with Gasteiger partial charge in [0.25, 0.3) is 15.9 Å². The molecule has 7 nitrogen and oxygen atoms in total.